The van der Waals surface area contributed by atoms with Gasteiger partial charge in [0.25, 0.3) is 0 Å². The van der Waals surface area contributed by atoms with Crippen molar-refractivity contribution in [2.45, 2.75) is 19.1 Å². The van der Waals surface area contributed by atoms with Crippen molar-refractivity contribution in [3.63, 3.8) is 0 Å². The lowest BCUT2D eigenvalue weighted by molar-refractivity contribution is -0.0343. The third-order valence-corrected chi connectivity index (χ3v) is 3.16. The minimum atomic E-state index is -0.471. The van der Waals surface area contributed by atoms with Gasteiger partial charge >= 0.3 is 6.09 Å². The van der Waals surface area contributed by atoms with E-state index < -0.39 is 12.2 Å². The third-order valence-electron chi connectivity index (χ3n) is 3.16. The first-order chi connectivity index (χ1) is 9.25. The highest BCUT2D eigenvalue weighted by molar-refractivity contribution is 5.67. The molecule has 2 unspecified atom stereocenters. The molecule has 1 amide bonds. The van der Waals surface area contributed by atoms with Gasteiger partial charge in [-0.1, -0.05) is 30.3 Å². The average Bonchev–Trinajstić information content (AvgIpc) is 2.45. The molecule has 1 aliphatic heterocycles. The largest absolute Gasteiger partial charge is 0.445 e. The maximum Gasteiger partial charge on any atom is 0.407 e. The van der Waals surface area contributed by atoms with Gasteiger partial charge in [0.15, 0.2) is 0 Å². The summed E-state index contributed by atoms with van der Waals surface area (Å²) in [7, 11) is 0. The molecular formula is C14H19NO4. The minimum Gasteiger partial charge on any atom is -0.445 e. The van der Waals surface area contributed by atoms with Crippen molar-refractivity contribution < 1.29 is 19.4 Å². The predicted octanol–water partition coefficient (Wildman–Crippen LogP) is 1.31. The number of benzene rings is 1. The van der Waals surface area contributed by atoms with Gasteiger partial charge in [-0.15, -0.1) is 0 Å². The molecule has 1 saturated heterocycles. The Morgan fingerprint density at radius 2 is 2.21 bits per heavy atom. The highest BCUT2D eigenvalue weighted by atomic mass is 16.5. The summed E-state index contributed by atoms with van der Waals surface area (Å²) in [6.45, 7) is 1.67. The standard InChI is InChI=1S/C14H19NO4/c16-13-6-7-18-10-12(13)8-15-14(17)19-9-11-4-2-1-3-5-11/h1-5,12-13,16H,6-10H2,(H,15,17). The van der Waals surface area contributed by atoms with Gasteiger partial charge in [-0.25, -0.2) is 4.79 Å². The zero-order valence-electron chi connectivity index (χ0n) is 10.7. The van der Waals surface area contributed by atoms with Crippen LogP contribution in [0.5, 0.6) is 0 Å². The molecule has 1 fully saturated rings. The number of hydrogen-bond donors (Lipinski definition) is 2. The van der Waals surface area contributed by atoms with Crippen LogP contribution >= 0.6 is 0 Å². The Bertz CT molecular complexity index is 396. The first kappa shape index (κ1) is 13.8. The second-order valence-corrected chi connectivity index (χ2v) is 4.63. The van der Waals surface area contributed by atoms with Gasteiger partial charge in [-0.2, -0.15) is 0 Å². The van der Waals surface area contributed by atoms with Gasteiger partial charge in [0.2, 0.25) is 0 Å². The number of carbonyl (C=O) groups is 1. The number of alkyl carbamates (subject to hydrolysis) is 1. The second-order valence-electron chi connectivity index (χ2n) is 4.63. The van der Waals surface area contributed by atoms with Gasteiger partial charge in [0.1, 0.15) is 6.61 Å². The van der Waals surface area contributed by atoms with Crippen LogP contribution in [0.15, 0.2) is 30.3 Å². The molecule has 104 valence electrons. The lowest BCUT2D eigenvalue weighted by Gasteiger charge is -2.27. The van der Waals surface area contributed by atoms with Gasteiger partial charge in [0.05, 0.1) is 12.7 Å². The summed E-state index contributed by atoms with van der Waals surface area (Å²) >= 11 is 0. The van der Waals surface area contributed by atoms with Crippen molar-refractivity contribution in [2.24, 2.45) is 5.92 Å². The highest BCUT2D eigenvalue weighted by Crippen LogP contribution is 2.13. The predicted molar refractivity (Wildman–Crippen MR) is 69.6 cm³/mol. The Morgan fingerprint density at radius 1 is 1.42 bits per heavy atom. The first-order valence-electron chi connectivity index (χ1n) is 6.46. The number of ether oxygens (including phenoxy) is 2. The zero-order valence-corrected chi connectivity index (χ0v) is 10.7. The molecule has 2 atom stereocenters. The molecule has 0 aromatic heterocycles. The van der Waals surface area contributed by atoms with E-state index in [0.29, 0.717) is 26.2 Å². The molecule has 19 heavy (non-hydrogen) atoms. The van der Waals surface area contributed by atoms with E-state index >= 15 is 0 Å². The fourth-order valence-corrected chi connectivity index (χ4v) is 1.97. The van der Waals surface area contributed by atoms with E-state index in [1.54, 1.807) is 0 Å². The van der Waals surface area contributed by atoms with Crippen LogP contribution in [0.2, 0.25) is 0 Å². The molecule has 1 aliphatic rings. The summed E-state index contributed by atoms with van der Waals surface area (Å²) < 4.78 is 10.3. The van der Waals surface area contributed by atoms with Crippen LogP contribution in [0.1, 0.15) is 12.0 Å². The van der Waals surface area contributed by atoms with Crippen molar-refractivity contribution in [1.82, 2.24) is 5.32 Å². The SMILES string of the molecule is O=C(NCC1COCCC1O)OCc1ccccc1. The lowest BCUT2D eigenvalue weighted by Crippen LogP contribution is -2.40. The maximum atomic E-state index is 11.5. The zero-order chi connectivity index (χ0) is 13.5. The Balaban J connectivity index is 1.67. The third kappa shape index (κ3) is 4.54. The average molecular weight is 265 g/mol. The summed E-state index contributed by atoms with van der Waals surface area (Å²) in [4.78, 5) is 11.5. The van der Waals surface area contributed by atoms with Crippen LogP contribution in [0.3, 0.4) is 0 Å². The van der Waals surface area contributed by atoms with Crippen molar-refractivity contribution in [3.8, 4) is 0 Å². The van der Waals surface area contributed by atoms with Crippen LogP contribution in [0, 0.1) is 5.92 Å². The van der Waals surface area contributed by atoms with Crippen molar-refractivity contribution in [1.29, 1.82) is 0 Å². The monoisotopic (exact) mass is 265 g/mol. The van der Waals surface area contributed by atoms with E-state index in [1.807, 2.05) is 30.3 Å². The molecule has 2 rings (SSSR count). The smallest absolute Gasteiger partial charge is 0.407 e. The van der Waals surface area contributed by atoms with Crippen molar-refractivity contribution >= 4 is 6.09 Å². The summed E-state index contributed by atoms with van der Waals surface area (Å²) in [5.41, 5.74) is 0.943. The lowest BCUT2D eigenvalue weighted by atomic mass is 9.99. The van der Waals surface area contributed by atoms with Gasteiger partial charge in [0, 0.05) is 19.1 Å². The number of hydrogen-bond acceptors (Lipinski definition) is 4. The number of aliphatic hydroxyl groups is 1. The minimum absolute atomic E-state index is 0.0574. The van der Waals surface area contributed by atoms with E-state index in [1.165, 1.54) is 0 Å². The normalized spacial score (nSPS) is 22.8. The summed E-state index contributed by atoms with van der Waals surface area (Å²) in [6.07, 6.45) is -0.268. The molecule has 0 spiro atoms. The Morgan fingerprint density at radius 3 is 2.95 bits per heavy atom. The fraction of sp³-hybridized carbons (Fsp3) is 0.500. The maximum absolute atomic E-state index is 11.5. The van der Waals surface area contributed by atoms with E-state index in [4.69, 9.17) is 9.47 Å². The topological polar surface area (TPSA) is 67.8 Å². The van der Waals surface area contributed by atoms with E-state index in [0.717, 1.165) is 5.56 Å². The van der Waals surface area contributed by atoms with Crippen LogP contribution in [-0.4, -0.2) is 37.1 Å². The van der Waals surface area contributed by atoms with Crippen LogP contribution in [0.4, 0.5) is 4.79 Å². The van der Waals surface area contributed by atoms with E-state index in [2.05, 4.69) is 5.32 Å². The van der Waals surface area contributed by atoms with Gasteiger partial charge in [-0.3, -0.25) is 0 Å². The van der Waals surface area contributed by atoms with E-state index in [9.17, 15) is 9.90 Å². The fourth-order valence-electron chi connectivity index (χ4n) is 1.97. The molecular weight excluding hydrogens is 246 g/mol. The Hall–Kier alpha value is -1.59. The Kier molecular flexibility index (Phi) is 5.18. The van der Waals surface area contributed by atoms with Crippen LogP contribution in [0.25, 0.3) is 0 Å². The molecule has 1 heterocycles. The molecule has 1 aromatic rings. The Labute approximate surface area is 112 Å². The second kappa shape index (κ2) is 7.11. The molecule has 0 radical (unpaired) electrons. The van der Waals surface area contributed by atoms with Crippen LogP contribution < -0.4 is 5.32 Å². The molecule has 0 bridgehead atoms. The molecule has 5 heteroatoms. The first-order valence-corrected chi connectivity index (χ1v) is 6.46. The number of rotatable bonds is 4. The summed E-state index contributed by atoms with van der Waals surface area (Å²) in [5, 5.41) is 12.4. The molecule has 2 N–H and O–H groups in total. The summed E-state index contributed by atoms with van der Waals surface area (Å²) in [6, 6.07) is 9.49. The van der Waals surface area contributed by atoms with Crippen LogP contribution in [-0.2, 0) is 16.1 Å². The number of carbonyl (C=O) groups excluding carboxylic acids is 1. The molecule has 0 aliphatic carbocycles. The van der Waals surface area contributed by atoms with Crippen molar-refractivity contribution in [2.75, 3.05) is 19.8 Å². The molecule has 1 aromatic carbocycles. The van der Waals surface area contributed by atoms with Crippen molar-refractivity contribution in [3.05, 3.63) is 35.9 Å². The van der Waals surface area contributed by atoms with Gasteiger partial charge in [-0.05, 0) is 12.0 Å². The number of aliphatic hydroxyl groups excluding tert-OH is 1. The highest BCUT2D eigenvalue weighted by Gasteiger charge is 2.24. The van der Waals surface area contributed by atoms with E-state index in [-0.39, 0.29) is 12.5 Å². The molecule has 0 saturated carbocycles. The summed E-state index contributed by atoms with van der Waals surface area (Å²) in [5.74, 6) is -0.0574. The number of nitrogens with one attached hydrogen (secondary N) is 1. The quantitative estimate of drug-likeness (QED) is 0.861. The molecule has 5 nitrogen and oxygen atoms in total. The number of amides is 1. The van der Waals surface area contributed by atoms with Gasteiger partial charge < -0.3 is 19.9 Å².